The first-order chi connectivity index (χ1) is 15.9. The van der Waals surface area contributed by atoms with Crippen molar-refractivity contribution >= 4 is 41.1 Å². The van der Waals surface area contributed by atoms with Gasteiger partial charge in [-0.25, -0.2) is 4.79 Å². The van der Waals surface area contributed by atoms with Crippen LogP contribution in [0.15, 0.2) is 48.5 Å². The van der Waals surface area contributed by atoms with Crippen LogP contribution in [0.3, 0.4) is 0 Å². The van der Waals surface area contributed by atoms with E-state index < -0.39 is 12.1 Å². The van der Waals surface area contributed by atoms with Gasteiger partial charge in [-0.1, -0.05) is 59.6 Å². The molecule has 0 saturated carbocycles. The second kappa shape index (κ2) is 12.5. The Morgan fingerprint density at radius 3 is 2.55 bits per heavy atom. The standard InChI is InChI=1S/C24H27Cl2N3O4/c25-19-11-10-18(14-20(19)26)15-28-22(30)9-4-12-27-23(31)21-8-5-13-29(21)24(32)33-16-17-6-2-1-3-7-17/h1-3,6-7,10-11,14,21H,4-5,8-9,12-13,15-16H2,(H,27,31)(H,28,30)/t21-/m0/s1. The average Bonchev–Trinajstić information content (AvgIpc) is 3.32. The van der Waals surface area contributed by atoms with Crippen LogP contribution < -0.4 is 10.6 Å². The van der Waals surface area contributed by atoms with Gasteiger partial charge in [0, 0.05) is 26.1 Å². The van der Waals surface area contributed by atoms with Crippen LogP contribution in [-0.2, 0) is 27.5 Å². The lowest BCUT2D eigenvalue weighted by molar-refractivity contribution is -0.125. The maximum absolute atomic E-state index is 12.6. The monoisotopic (exact) mass is 491 g/mol. The van der Waals surface area contributed by atoms with Crippen molar-refractivity contribution in [2.75, 3.05) is 13.1 Å². The SMILES string of the molecule is O=C(CCCNC(=O)[C@@H]1CCCN1C(=O)OCc1ccccc1)NCc1ccc(Cl)c(Cl)c1. The van der Waals surface area contributed by atoms with Gasteiger partial charge in [0.15, 0.2) is 0 Å². The number of nitrogens with zero attached hydrogens (tertiary/aromatic N) is 1. The summed E-state index contributed by atoms with van der Waals surface area (Å²) in [5.41, 5.74) is 1.75. The molecule has 0 aliphatic carbocycles. The molecular weight excluding hydrogens is 465 g/mol. The van der Waals surface area contributed by atoms with E-state index in [-0.39, 0.29) is 24.8 Å². The highest BCUT2D eigenvalue weighted by Crippen LogP contribution is 2.22. The molecule has 9 heteroatoms. The summed E-state index contributed by atoms with van der Waals surface area (Å²) >= 11 is 11.9. The minimum Gasteiger partial charge on any atom is -0.445 e. The van der Waals surface area contributed by atoms with Crippen molar-refractivity contribution in [3.05, 3.63) is 69.7 Å². The highest BCUT2D eigenvalue weighted by Gasteiger charge is 2.34. The molecule has 3 rings (SSSR count). The van der Waals surface area contributed by atoms with Crippen molar-refractivity contribution in [2.45, 2.75) is 44.9 Å². The highest BCUT2D eigenvalue weighted by atomic mass is 35.5. The fourth-order valence-electron chi connectivity index (χ4n) is 3.58. The number of hydrogen-bond acceptors (Lipinski definition) is 4. The number of carbonyl (C=O) groups excluding carboxylic acids is 3. The van der Waals surface area contributed by atoms with Crippen molar-refractivity contribution in [3.63, 3.8) is 0 Å². The number of likely N-dealkylation sites (tertiary alicyclic amines) is 1. The largest absolute Gasteiger partial charge is 0.445 e. The van der Waals surface area contributed by atoms with Gasteiger partial charge in [-0.15, -0.1) is 0 Å². The Morgan fingerprint density at radius 1 is 1.00 bits per heavy atom. The fraction of sp³-hybridized carbons (Fsp3) is 0.375. The number of rotatable bonds is 9. The normalized spacial score (nSPS) is 15.2. The highest BCUT2D eigenvalue weighted by molar-refractivity contribution is 6.42. The van der Waals surface area contributed by atoms with Gasteiger partial charge < -0.3 is 15.4 Å². The summed E-state index contributed by atoms with van der Waals surface area (Å²) in [5, 5.41) is 6.55. The Labute approximate surface area is 203 Å². The van der Waals surface area contributed by atoms with Crippen LogP contribution in [-0.4, -0.2) is 41.9 Å². The maximum atomic E-state index is 12.6. The molecule has 0 aromatic heterocycles. The zero-order chi connectivity index (χ0) is 23.6. The predicted octanol–water partition coefficient (Wildman–Crippen LogP) is 4.31. The van der Waals surface area contributed by atoms with E-state index >= 15 is 0 Å². The van der Waals surface area contributed by atoms with E-state index in [9.17, 15) is 14.4 Å². The number of benzene rings is 2. The van der Waals surface area contributed by atoms with Gasteiger partial charge in [0.25, 0.3) is 0 Å². The van der Waals surface area contributed by atoms with E-state index in [0.29, 0.717) is 42.5 Å². The average molecular weight is 492 g/mol. The Kier molecular flexibility index (Phi) is 9.39. The molecule has 0 bridgehead atoms. The van der Waals surface area contributed by atoms with Gasteiger partial charge in [-0.2, -0.15) is 0 Å². The molecule has 1 saturated heterocycles. The van der Waals surface area contributed by atoms with Crippen molar-refractivity contribution in [1.29, 1.82) is 0 Å². The van der Waals surface area contributed by atoms with E-state index in [4.69, 9.17) is 27.9 Å². The molecule has 0 unspecified atom stereocenters. The third-order valence-corrected chi connectivity index (χ3v) is 6.09. The second-order valence-corrected chi connectivity index (χ2v) is 8.63. The fourth-order valence-corrected chi connectivity index (χ4v) is 3.90. The summed E-state index contributed by atoms with van der Waals surface area (Å²) in [7, 11) is 0. The van der Waals surface area contributed by atoms with Crippen LogP contribution in [0.4, 0.5) is 4.79 Å². The summed E-state index contributed by atoms with van der Waals surface area (Å²) < 4.78 is 5.37. The summed E-state index contributed by atoms with van der Waals surface area (Å²) in [6.45, 7) is 1.36. The lowest BCUT2D eigenvalue weighted by Gasteiger charge is -2.23. The maximum Gasteiger partial charge on any atom is 0.410 e. The van der Waals surface area contributed by atoms with Crippen molar-refractivity contribution < 1.29 is 19.1 Å². The first-order valence-corrected chi connectivity index (χ1v) is 11.7. The molecule has 1 heterocycles. The quantitative estimate of drug-likeness (QED) is 0.511. The summed E-state index contributed by atoms with van der Waals surface area (Å²) in [6.07, 6.45) is 1.61. The van der Waals surface area contributed by atoms with E-state index in [0.717, 1.165) is 17.5 Å². The lowest BCUT2D eigenvalue weighted by atomic mass is 10.2. The molecule has 1 aliphatic heterocycles. The number of nitrogens with one attached hydrogen (secondary N) is 2. The summed E-state index contributed by atoms with van der Waals surface area (Å²) in [4.78, 5) is 38.5. The van der Waals surface area contributed by atoms with Gasteiger partial charge >= 0.3 is 6.09 Å². The lowest BCUT2D eigenvalue weighted by Crippen LogP contribution is -2.46. The number of halogens is 2. The van der Waals surface area contributed by atoms with E-state index in [1.165, 1.54) is 4.90 Å². The minimum atomic E-state index is -0.545. The van der Waals surface area contributed by atoms with Gasteiger partial charge in [0.2, 0.25) is 11.8 Å². The van der Waals surface area contributed by atoms with Crippen LogP contribution in [0.2, 0.25) is 10.0 Å². The Hall–Kier alpha value is -2.77. The molecule has 0 spiro atoms. The number of ether oxygens (including phenoxy) is 1. The summed E-state index contributed by atoms with van der Waals surface area (Å²) in [6, 6.07) is 14.1. The topological polar surface area (TPSA) is 87.7 Å². The van der Waals surface area contributed by atoms with Gasteiger partial charge in [-0.05, 0) is 42.5 Å². The molecule has 1 fully saturated rings. The zero-order valence-corrected chi connectivity index (χ0v) is 19.7. The molecule has 33 heavy (non-hydrogen) atoms. The summed E-state index contributed by atoms with van der Waals surface area (Å²) in [5.74, 6) is -0.345. The first-order valence-electron chi connectivity index (χ1n) is 10.9. The number of hydrogen-bond donors (Lipinski definition) is 2. The molecule has 2 aromatic carbocycles. The molecule has 7 nitrogen and oxygen atoms in total. The van der Waals surface area contributed by atoms with Crippen LogP contribution in [0.1, 0.15) is 36.8 Å². The van der Waals surface area contributed by atoms with Crippen molar-refractivity contribution in [1.82, 2.24) is 15.5 Å². The molecule has 2 N–H and O–H groups in total. The third-order valence-electron chi connectivity index (χ3n) is 5.35. The molecule has 1 aliphatic rings. The van der Waals surface area contributed by atoms with Crippen molar-refractivity contribution in [2.24, 2.45) is 0 Å². The van der Waals surface area contributed by atoms with Gasteiger partial charge in [0.1, 0.15) is 12.6 Å². The van der Waals surface area contributed by atoms with Crippen LogP contribution >= 0.6 is 23.2 Å². The zero-order valence-electron chi connectivity index (χ0n) is 18.2. The van der Waals surface area contributed by atoms with Crippen molar-refractivity contribution in [3.8, 4) is 0 Å². The Bertz CT molecular complexity index is 971. The first kappa shape index (κ1) is 24.9. The van der Waals surface area contributed by atoms with Gasteiger partial charge in [-0.3, -0.25) is 14.5 Å². The predicted molar refractivity (Wildman–Crippen MR) is 127 cm³/mol. The number of amides is 3. The third kappa shape index (κ3) is 7.65. The van der Waals surface area contributed by atoms with Crippen LogP contribution in [0.25, 0.3) is 0 Å². The van der Waals surface area contributed by atoms with E-state index in [2.05, 4.69) is 10.6 Å². The molecule has 1 atom stereocenters. The smallest absolute Gasteiger partial charge is 0.410 e. The van der Waals surface area contributed by atoms with Crippen LogP contribution in [0, 0.1) is 0 Å². The second-order valence-electron chi connectivity index (χ2n) is 7.81. The van der Waals surface area contributed by atoms with Gasteiger partial charge in [0.05, 0.1) is 10.0 Å². The number of carbonyl (C=O) groups is 3. The molecule has 176 valence electrons. The molecular formula is C24H27Cl2N3O4. The van der Waals surface area contributed by atoms with E-state index in [1.807, 2.05) is 30.3 Å². The molecule has 0 radical (unpaired) electrons. The Balaban J connectivity index is 1.34. The van der Waals surface area contributed by atoms with Crippen LogP contribution in [0.5, 0.6) is 0 Å². The Morgan fingerprint density at radius 2 is 1.79 bits per heavy atom. The molecule has 3 amide bonds. The van der Waals surface area contributed by atoms with E-state index in [1.54, 1.807) is 18.2 Å². The molecule has 2 aromatic rings. The minimum absolute atomic E-state index is 0.123.